The molecule has 2 aliphatic rings. The van der Waals surface area contributed by atoms with Crippen molar-refractivity contribution in [1.29, 1.82) is 0 Å². The van der Waals surface area contributed by atoms with Gasteiger partial charge in [-0.25, -0.2) is 0 Å². The monoisotopic (exact) mass is 434 g/mol. The normalized spacial score (nSPS) is 19.7. The molecule has 4 rings (SSSR count). The quantitative estimate of drug-likeness (QED) is 0.767. The summed E-state index contributed by atoms with van der Waals surface area (Å²) >= 11 is 12.2. The topological polar surface area (TPSA) is 50.8 Å². The van der Waals surface area contributed by atoms with Crippen molar-refractivity contribution < 1.29 is 14.3 Å². The van der Waals surface area contributed by atoms with Gasteiger partial charge in [0.05, 0.1) is 6.54 Å². The number of benzene rings is 2. The molecule has 2 aromatic carbocycles. The summed E-state index contributed by atoms with van der Waals surface area (Å²) in [4.78, 5) is 14.9. The summed E-state index contributed by atoms with van der Waals surface area (Å²) in [7, 11) is 0. The van der Waals surface area contributed by atoms with Crippen molar-refractivity contribution in [3.63, 3.8) is 0 Å². The van der Waals surface area contributed by atoms with Crippen molar-refractivity contribution >= 4 is 29.1 Å². The fraction of sp³-hybridized carbons (Fsp3) is 0.409. The molecule has 0 bridgehead atoms. The Balaban J connectivity index is 1.21. The molecule has 0 aromatic heterocycles. The summed E-state index contributed by atoms with van der Waals surface area (Å²) in [5.74, 6) is 1.61. The first-order valence-corrected chi connectivity index (χ1v) is 10.7. The largest absolute Gasteiger partial charge is 0.486 e. The smallest absolute Gasteiger partial charge is 0.223 e. The van der Waals surface area contributed by atoms with Gasteiger partial charge in [0, 0.05) is 22.5 Å². The standard InChI is InChI=1S/C22H24Cl2N2O3/c23-17-6-5-16(19(24)11-17)13-26-9-7-15(8-10-26)22(27)25-12-18-14-28-20-3-1-2-4-21(20)29-18/h1-6,11,15,18H,7-10,12-14H2,(H,25,27). The Hall–Kier alpha value is -1.95. The molecule has 1 N–H and O–H groups in total. The highest BCUT2D eigenvalue weighted by Crippen LogP contribution is 2.31. The van der Waals surface area contributed by atoms with Crippen molar-refractivity contribution in [3.8, 4) is 11.5 Å². The first-order valence-electron chi connectivity index (χ1n) is 9.91. The zero-order chi connectivity index (χ0) is 20.2. The van der Waals surface area contributed by atoms with Gasteiger partial charge in [0.2, 0.25) is 5.91 Å². The van der Waals surface area contributed by atoms with E-state index in [1.807, 2.05) is 36.4 Å². The van der Waals surface area contributed by atoms with Gasteiger partial charge in [-0.3, -0.25) is 9.69 Å². The van der Waals surface area contributed by atoms with Gasteiger partial charge in [-0.1, -0.05) is 41.4 Å². The molecule has 1 amide bonds. The maximum absolute atomic E-state index is 12.6. The number of para-hydroxylation sites is 2. The number of hydrogen-bond acceptors (Lipinski definition) is 4. The Kier molecular flexibility index (Phi) is 6.48. The van der Waals surface area contributed by atoms with E-state index in [0.717, 1.165) is 49.5 Å². The van der Waals surface area contributed by atoms with E-state index in [1.165, 1.54) is 0 Å². The highest BCUT2D eigenvalue weighted by Gasteiger charge is 2.27. The molecular weight excluding hydrogens is 411 g/mol. The average Bonchev–Trinajstić information content (AvgIpc) is 2.74. The molecular formula is C22H24Cl2N2O3. The van der Waals surface area contributed by atoms with Crippen LogP contribution in [0.15, 0.2) is 42.5 Å². The minimum absolute atomic E-state index is 0.0312. The molecule has 1 saturated heterocycles. The Morgan fingerprint density at radius 2 is 1.86 bits per heavy atom. The lowest BCUT2D eigenvalue weighted by Crippen LogP contribution is -2.45. The summed E-state index contributed by atoms with van der Waals surface area (Å²) < 4.78 is 11.6. The molecule has 0 radical (unpaired) electrons. The molecule has 2 aromatic rings. The summed E-state index contributed by atoms with van der Waals surface area (Å²) in [5, 5.41) is 4.37. The van der Waals surface area contributed by atoms with Crippen molar-refractivity contribution in [1.82, 2.24) is 10.2 Å². The third kappa shape index (κ3) is 5.16. The number of ether oxygens (including phenoxy) is 2. The summed E-state index contributed by atoms with van der Waals surface area (Å²) in [6, 6.07) is 13.2. The predicted molar refractivity (Wildman–Crippen MR) is 114 cm³/mol. The van der Waals surface area contributed by atoms with Crippen molar-refractivity contribution in [2.45, 2.75) is 25.5 Å². The molecule has 2 heterocycles. The first-order chi connectivity index (χ1) is 14.1. The summed E-state index contributed by atoms with van der Waals surface area (Å²) in [5.41, 5.74) is 1.06. The molecule has 1 unspecified atom stereocenters. The predicted octanol–water partition coefficient (Wildman–Crippen LogP) is 4.16. The highest BCUT2D eigenvalue weighted by atomic mass is 35.5. The number of rotatable bonds is 5. The number of nitrogens with one attached hydrogen (secondary N) is 1. The fourth-order valence-electron chi connectivity index (χ4n) is 3.77. The molecule has 0 spiro atoms. The molecule has 1 fully saturated rings. The van der Waals surface area contributed by atoms with E-state index in [2.05, 4.69) is 10.2 Å². The molecule has 0 aliphatic carbocycles. The van der Waals surface area contributed by atoms with E-state index in [9.17, 15) is 4.79 Å². The fourth-order valence-corrected chi connectivity index (χ4v) is 4.23. The second-order valence-corrected chi connectivity index (χ2v) is 8.37. The van der Waals surface area contributed by atoms with Crippen LogP contribution in [0.25, 0.3) is 0 Å². The van der Waals surface area contributed by atoms with E-state index >= 15 is 0 Å². The summed E-state index contributed by atoms with van der Waals surface area (Å²) in [6.45, 7) is 3.41. The van der Waals surface area contributed by atoms with Crippen LogP contribution in [0.5, 0.6) is 11.5 Å². The van der Waals surface area contributed by atoms with Gasteiger partial charge in [0.15, 0.2) is 11.5 Å². The lowest BCUT2D eigenvalue weighted by molar-refractivity contribution is -0.127. The lowest BCUT2D eigenvalue weighted by atomic mass is 9.95. The van der Waals surface area contributed by atoms with Gasteiger partial charge in [0.1, 0.15) is 12.7 Å². The molecule has 154 valence electrons. The third-order valence-electron chi connectivity index (χ3n) is 5.44. The Bertz CT molecular complexity index is 869. The van der Waals surface area contributed by atoms with Crippen molar-refractivity contribution in [2.24, 2.45) is 5.92 Å². The SMILES string of the molecule is O=C(NCC1COc2ccccc2O1)C1CCN(Cc2ccc(Cl)cc2Cl)CC1. The van der Waals surface area contributed by atoms with E-state index in [1.54, 1.807) is 6.07 Å². The number of halogens is 2. The maximum atomic E-state index is 12.6. The van der Waals surface area contributed by atoms with Crippen LogP contribution in [0.4, 0.5) is 0 Å². The van der Waals surface area contributed by atoms with E-state index in [0.29, 0.717) is 23.2 Å². The third-order valence-corrected chi connectivity index (χ3v) is 6.03. The zero-order valence-electron chi connectivity index (χ0n) is 16.1. The minimum atomic E-state index is -0.166. The number of hydrogen-bond donors (Lipinski definition) is 1. The maximum Gasteiger partial charge on any atom is 0.223 e. The number of fused-ring (bicyclic) bond motifs is 1. The van der Waals surface area contributed by atoms with Crippen molar-refractivity contribution in [2.75, 3.05) is 26.2 Å². The van der Waals surface area contributed by atoms with Gasteiger partial charge in [-0.2, -0.15) is 0 Å². The van der Waals surface area contributed by atoms with E-state index < -0.39 is 0 Å². The van der Waals surface area contributed by atoms with Crippen LogP contribution in [0.3, 0.4) is 0 Å². The van der Waals surface area contributed by atoms with Crippen LogP contribution in [0.2, 0.25) is 10.0 Å². The molecule has 7 heteroatoms. The van der Waals surface area contributed by atoms with E-state index in [4.69, 9.17) is 32.7 Å². The molecule has 5 nitrogen and oxygen atoms in total. The number of nitrogens with zero attached hydrogens (tertiary/aromatic N) is 1. The number of likely N-dealkylation sites (tertiary alicyclic amines) is 1. The van der Waals surface area contributed by atoms with Gasteiger partial charge in [-0.05, 0) is 55.8 Å². The van der Waals surface area contributed by atoms with Crippen LogP contribution in [0.1, 0.15) is 18.4 Å². The minimum Gasteiger partial charge on any atom is -0.486 e. The zero-order valence-corrected chi connectivity index (χ0v) is 17.6. The second-order valence-electron chi connectivity index (χ2n) is 7.53. The second kappa shape index (κ2) is 9.24. The van der Waals surface area contributed by atoms with Crippen LogP contribution in [-0.2, 0) is 11.3 Å². The molecule has 29 heavy (non-hydrogen) atoms. The average molecular weight is 435 g/mol. The van der Waals surface area contributed by atoms with Crippen LogP contribution < -0.4 is 14.8 Å². The van der Waals surface area contributed by atoms with Crippen LogP contribution >= 0.6 is 23.2 Å². The number of amides is 1. The number of carbonyl (C=O) groups is 1. The molecule has 1 atom stereocenters. The Morgan fingerprint density at radius 3 is 2.62 bits per heavy atom. The van der Waals surface area contributed by atoms with Gasteiger partial charge < -0.3 is 14.8 Å². The Morgan fingerprint density at radius 1 is 1.10 bits per heavy atom. The van der Waals surface area contributed by atoms with Gasteiger partial charge in [0.25, 0.3) is 0 Å². The van der Waals surface area contributed by atoms with E-state index in [-0.39, 0.29) is 17.9 Å². The molecule has 0 saturated carbocycles. The highest BCUT2D eigenvalue weighted by molar-refractivity contribution is 6.35. The van der Waals surface area contributed by atoms with Crippen LogP contribution in [-0.4, -0.2) is 43.2 Å². The molecule has 2 aliphatic heterocycles. The number of piperidine rings is 1. The van der Waals surface area contributed by atoms with Gasteiger partial charge in [-0.15, -0.1) is 0 Å². The summed E-state index contributed by atoms with van der Waals surface area (Å²) in [6.07, 6.45) is 1.50. The Labute approximate surface area is 180 Å². The first kappa shape index (κ1) is 20.3. The number of carbonyl (C=O) groups excluding carboxylic acids is 1. The van der Waals surface area contributed by atoms with Crippen LogP contribution in [0, 0.1) is 5.92 Å². The van der Waals surface area contributed by atoms with Crippen molar-refractivity contribution in [3.05, 3.63) is 58.1 Å². The lowest BCUT2D eigenvalue weighted by Gasteiger charge is -2.32. The van der Waals surface area contributed by atoms with Gasteiger partial charge >= 0.3 is 0 Å².